The van der Waals surface area contributed by atoms with Crippen LogP contribution in [0.5, 0.6) is 0 Å². The predicted molar refractivity (Wildman–Crippen MR) is 147 cm³/mol. The summed E-state index contributed by atoms with van der Waals surface area (Å²) in [5.74, 6) is -1.37. The second kappa shape index (κ2) is 9.51. The molecule has 3 heterocycles. The number of nitriles is 1. The maximum atomic E-state index is 15.7. The maximum absolute atomic E-state index is 15.7. The number of nitrogens with zero attached hydrogens (tertiary/aromatic N) is 4. The largest absolute Gasteiger partial charge is 0.389 e. The summed E-state index contributed by atoms with van der Waals surface area (Å²) in [6.07, 6.45) is 4.17. The van der Waals surface area contributed by atoms with Gasteiger partial charge in [0.1, 0.15) is 17.7 Å². The van der Waals surface area contributed by atoms with Gasteiger partial charge in [-0.2, -0.15) is 10.4 Å². The van der Waals surface area contributed by atoms with Crippen LogP contribution in [0.1, 0.15) is 49.0 Å². The predicted octanol–water partition coefficient (Wildman–Crippen LogP) is 5.00. The molecule has 2 aliphatic rings. The molecule has 3 atom stereocenters. The Balaban J connectivity index is 1.48. The van der Waals surface area contributed by atoms with Crippen molar-refractivity contribution < 1.29 is 18.7 Å². The van der Waals surface area contributed by atoms with E-state index in [1.54, 1.807) is 55.1 Å². The Hall–Kier alpha value is -4.13. The summed E-state index contributed by atoms with van der Waals surface area (Å²) >= 11 is 0. The lowest BCUT2D eigenvalue weighted by atomic mass is 9.91. The van der Waals surface area contributed by atoms with Crippen molar-refractivity contribution in [2.45, 2.75) is 63.4 Å². The van der Waals surface area contributed by atoms with Crippen molar-refractivity contribution in [1.29, 1.82) is 5.26 Å². The number of amides is 1. The third-order valence-electron chi connectivity index (χ3n) is 8.04. The number of hydrogen-bond acceptors (Lipinski definition) is 5. The van der Waals surface area contributed by atoms with Crippen LogP contribution in [0.3, 0.4) is 0 Å². The van der Waals surface area contributed by atoms with Crippen LogP contribution in [0.2, 0.25) is 0 Å². The number of fused-ring (bicyclic) bond motifs is 3. The van der Waals surface area contributed by atoms with E-state index in [4.69, 9.17) is 5.73 Å². The Kier molecular flexibility index (Phi) is 6.21. The third kappa shape index (κ3) is 4.43. The summed E-state index contributed by atoms with van der Waals surface area (Å²) in [4.78, 5) is 15.5. The lowest BCUT2D eigenvalue weighted by Crippen LogP contribution is -2.40. The molecule has 2 saturated heterocycles. The van der Waals surface area contributed by atoms with Gasteiger partial charge in [-0.1, -0.05) is 12.1 Å². The molecule has 4 aromatic rings. The average molecular weight is 542 g/mol. The molecule has 2 aliphatic heterocycles. The first kappa shape index (κ1) is 26.1. The van der Waals surface area contributed by atoms with E-state index in [0.717, 1.165) is 19.3 Å². The summed E-state index contributed by atoms with van der Waals surface area (Å²) in [6, 6.07) is 14.1. The zero-order valence-electron chi connectivity index (χ0n) is 22.2. The van der Waals surface area contributed by atoms with Gasteiger partial charge >= 0.3 is 0 Å². The van der Waals surface area contributed by atoms with E-state index in [0.29, 0.717) is 33.2 Å². The van der Waals surface area contributed by atoms with Crippen LogP contribution in [0.4, 0.5) is 8.78 Å². The molecular weight excluding hydrogens is 512 g/mol. The normalized spacial score (nSPS) is 20.3. The van der Waals surface area contributed by atoms with E-state index in [-0.39, 0.29) is 41.7 Å². The molecule has 1 aromatic heterocycles. The van der Waals surface area contributed by atoms with Gasteiger partial charge in [-0.25, -0.2) is 8.78 Å². The number of hydrogen-bond donors (Lipinski definition) is 2. The first-order valence-electron chi connectivity index (χ1n) is 13.3. The van der Waals surface area contributed by atoms with Gasteiger partial charge in [-0.05, 0) is 80.1 Å². The van der Waals surface area contributed by atoms with Crippen molar-refractivity contribution in [3.8, 4) is 28.3 Å². The monoisotopic (exact) mass is 541 g/mol. The number of halogens is 2. The Morgan fingerprint density at radius 2 is 1.90 bits per heavy atom. The lowest BCUT2D eigenvalue weighted by molar-refractivity contribution is 0.0591. The first-order valence-corrected chi connectivity index (χ1v) is 13.3. The zero-order valence-corrected chi connectivity index (χ0v) is 22.2. The minimum Gasteiger partial charge on any atom is -0.389 e. The van der Waals surface area contributed by atoms with Crippen molar-refractivity contribution in [3.63, 3.8) is 0 Å². The molecule has 6 rings (SSSR count). The van der Waals surface area contributed by atoms with Crippen molar-refractivity contribution >= 4 is 16.8 Å². The molecule has 2 fully saturated rings. The summed E-state index contributed by atoms with van der Waals surface area (Å²) in [5, 5.41) is 24.4. The lowest BCUT2D eigenvalue weighted by Gasteiger charge is -2.24. The van der Waals surface area contributed by atoms with Crippen LogP contribution in [0.15, 0.2) is 54.7 Å². The fourth-order valence-corrected chi connectivity index (χ4v) is 6.22. The maximum Gasteiger partial charge on any atom is 0.254 e. The molecule has 3 N–H and O–H groups in total. The van der Waals surface area contributed by atoms with Crippen LogP contribution in [-0.2, 0) is 6.54 Å². The minimum absolute atomic E-state index is 0.00623. The van der Waals surface area contributed by atoms with E-state index in [1.165, 1.54) is 18.2 Å². The molecule has 3 aromatic carbocycles. The Morgan fingerprint density at radius 3 is 2.55 bits per heavy atom. The second-order valence-corrected chi connectivity index (χ2v) is 11.5. The number of rotatable bonds is 5. The summed E-state index contributed by atoms with van der Waals surface area (Å²) in [7, 11) is 0. The zero-order chi connectivity index (χ0) is 28.3. The van der Waals surface area contributed by atoms with Gasteiger partial charge in [0.2, 0.25) is 0 Å². The van der Waals surface area contributed by atoms with Crippen LogP contribution in [0.25, 0.3) is 33.2 Å². The molecule has 2 bridgehead atoms. The quantitative estimate of drug-likeness (QED) is 0.370. The van der Waals surface area contributed by atoms with Crippen molar-refractivity contribution in [2.75, 3.05) is 0 Å². The van der Waals surface area contributed by atoms with Crippen LogP contribution < -0.4 is 5.73 Å². The van der Waals surface area contributed by atoms with E-state index in [1.807, 2.05) is 11.0 Å². The molecule has 40 heavy (non-hydrogen) atoms. The summed E-state index contributed by atoms with van der Waals surface area (Å²) in [6.45, 7) is 3.49. The molecule has 0 spiro atoms. The summed E-state index contributed by atoms with van der Waals surface area (Å²) < 4.78 is 32.0. The number of nitrogens with two attached hydrogens (primary N) is 1. The number of carbonyl (C=O) groups is 1. The Morgan fingerprint density at radius 1 is 1.10 bits per heavy atom. The molecule has 9 heteroatoms. The fourth-order valence-electron chi connectivity index (χ4n) is 6.22. The summed E-state index contributed by atoms with van der Waals surface area (Å²) in [5.41, 5.74) is 7.67. The van der Waals surface area contributed by atoms with E-state index >= 15 is 4.39 Å². The van der Waals surface area contributed by atoms with Gasteiger partial charge in [0, 0.05) is 40.7 Å². The minimum atomic E-state index is -1.04. The van der Waals surface area contributed by atoms with Crippen LogP contribution in [0, 0.1) is 23.0 Å². The molecule has 204 valence electrons. The van der Waals surface area contributed by atoms with E-state index in [9.17, 15) is 19.6 Å². The van der Waals surface area contributed by atoms with E-state index < -0.39 is 17.2 Å². The van der Waals surface area contributed by atoms with Crippen LogP contribution >= 0.6 is 0 Å². The van der Waals surface area contributed by atoms with Gasteiger partial charge in [0.15, 0.2) is 0 Å². The highest BCUT2D eigenvalue weighted by Crippen LogP contribution is 2.40. The molecule has 0 aliphatic carbocycles. The highest BCUT2D eigenvalue weighted by atomic mass is 19.1. The smallest absolute Gasteiger partial charge is 0.254 e. The van der Waals surface area contributed by atoms with Crippen molar-refractivity contribution in [1.82, 2.24) is 14.7 Å². The van der Waals surface area contributed by atoms with Crippen LogP contribution in [-0.4, -0.2) is 49.4 Å². The number of benzene rings is 3. The number of carbonyl (C=O) groups excluding carboxylic acids is 1. The first-order chi connectivity index (χ1) is 19.0. The van der Waals surface area contributed by atoms with Gasteiger partial charge in [0.25, 0.3) is 5.91 Å². The van der Waals surface area contributed by atoms with Gasteiger partial charge < -0.3 is 15.7 Å². The molecule has 0 saturated carbocycles. The Bertz CT molecular complexity index is 1700. The average Bonchev–Trinajstić information content (AvgIpc) is 3.59. The molecule has 1 amide bonds. The number of aromatic nitrogens is 2. The van der Waals surface area contributed by atoms with Gasteiger partial charge in [0.05, 0.1) is 29.4 Å². The van der Waals surface area contributed by atoms with Gasteiger partial charge in [-0.3, -0.25) is 9.48 Å². The fraction of sp³-hybridized carbons (Fsp3) is 0.323. The SMILES string of the molecule is CC(C)(O)Cn1ncc2cc(-c3ccc(C(=O)N4[C@@H]5CC[C@H]4[C@@H](N)C5)cc3-c3ccc(C#N)c(F)c3)c(F)cc21. The molecule has 0 unspecified atom stereocenters. The molecule has 7 nitrogen and oxygen atoms in total. The van der Waals surface area contributed by atoms with Crippen molar-refractivity contribution in [3.05, 3.63) is 77.5 Å². The third-order valence-corrected chi connectivity index (χ3v) is 8.04. The van der Waals surface area contributed by atoms with Gasteiger partial charge in [-0.15, -0.1) is 0 Å². The topological polar surface area (TPSA) is 108 Å². The van der Waals surface area contributed by atoms with Crippen molar-refractivity contribution in [2.24, 2.45) is 5.73 Å². The molecular formula is C31H29F2N5O2. The second-order valence-electron chi connectivity index (χ2n) is 11.5. The number of aliphatic hydroxyl groups is 1. The standard InChI is InChI=1S/C31H29F2N5O2/c1-31(2,40)16-37-29-13-26(33)24(10-20(29)15-36-37)22-7-5-18(30(39)38-21-6-8-28(38)27(35)12-21)9-23(22)17-3-4-19(14-34)25(32)11-17/h3-5,7,9-11,13,15,21,27-28,40H,6,8,12,16,35H2,1-2H3/t21-,27+,28+/m1/s1. The highest BCUT2D eigenvalue weighted by molar-refractivity contribution is 5.99. The van der Waals surface area contributed by atoms with E-state index in [2.05, 4.69) is 5.10 Å². The molecule has 0 radical (unpaired) electrons. The highest BCUT2D eigenvalue weighted by Gasteiger charge is 2.47. The Labute approximate surface area is 230 Å².